The van der Waals surface area contributed by atoms with Crippen molar-refractivity contribution in [2.24, 2.45) is 5.73 Å². The summed E-state index contributed by atoms with van der Waals surface area (Å²) < 4.78 is 11.8. The molecule has 1 atom stereocenters. The highest BCUT2D eigenvalue weighted by Crippen LogP contribution is 2.24. The SMILES string of the molecule is CCCCCC(NCCc1ccc(OCc2ccccc2)cc1)N(C(N)=O)c1ccc(OCc2ccccc2)cc1. The molecule has 214 valence electrons. The Kier molecular flexibility index (Phi) is 11.7. The van der Waals surface area contributed by atoms with Crippen LogP contribution in [-0.4, -0.2) is 18.7 Å². The van der Waals surface area contributed by atoms with Crippen LogP contribution in [0.15, 0.2) is 109 Å². The Balaban J connectivity index is 1.34. The van der Waals surface area contributed by atoms with Gasteiger partial charge in [-0.25, -0.2) is 4.79 Å². The summed E-state index contributed by atoms with van der Waals surface area (Å²) in [5.41, 5.74) is 10.1. The third-order valence-corrected chi connectivity index (χ3v) is 6.96. The Labute approximate surface area is 244 Å². The first-order valence-corrected chi connectivity index (χ1v) is 14.5. The van der Waals surface area contributed by atoms with Crippen LogP contribution in [0, 0.1) is 0 Å². The van der Waals surface area contributed by atoms with Gasteiger partial charge in [0.2, 0.25) is 0 Å². The Bertz CT molecular complexity index is 1300. The fourth-order valence-corrected chi connectivity index (χ4v) is 4.69. The number of primary amides is 1. The van der Waals surface area contributed by atoms with Crippen LogP contribution in [0.4, 0.5) is 10.5 Å². The van der Waals surface area contributed by atoms with Gasteiger partial charge in [0.15, 0.2) is 0 Å². The summed E-state index contributed by atoms with van der Waals surface area (Å²) in [7, 11) is 0. The number of nitrogens with one attached hydrogen (secondary N) is 1. The highest BCUT2D eigenvalue weighted by atomic mass is 16.5. The molecule has 0 radical (unpaired) electrons. The smallest absolute Gasteiger partial charge is 0.320 e. The lowest BCUT2D eigenvalue weighted by atomic mass is 10.1. The molecule has 0 aliphatic carbocycles. The van der Waals surface area contributed by atoms with Crippen LogP contribution in [-0.2, 0) is 19.6 Å². The molecular weight excluding hydrogens is 510 g/mol. The molecule has 0 heterocycles. The largest absolute Gasteiger partial charge is 0.489 e. The lowest BCUT2D eigenvalue weighted by Crippen LogP contribution is -2.51. The summed E-state index contributed by atoms with van der Waals surface area (Å²) in [6.07, 6.45) is 4.64. The van der Waals surface area contributed by atoms with Gasteiger partial charge in [0.1, 0.15) is 24.7 Å². The molecule has 2 amide bonds. The van der Waals surface area contributed by atoms with Gasteiger partial charge in [-0.15, -0.1) is 0 Å². The number of anilines is 1. The van der Waals surface area contributed by atoms with Gasteiger partial charge in [0.05, 0.1) is 6.17 Å². The molecule has 4 aromatic rings. The number of hydrogen-bond donors (Lipinski definition) is 2. The monoisotopic (exact) mass is 551 g/mol. The molecule has 0 saturated carbocycles. The molecule has 4 aromatic carbocycles. The lowest BCUT2D eigenvalue weighted by molar-refractivity contribution is 0.249. The topological polar surface area (TPSA) is 76.8 Å². The van der Waals surface area contributed by atoms with Gasteiger partial charge in [-0.3, -0.25) is 10.2 Å². The molecule has 0 saturated heterocycles. The predicted octanol–water partition coefficient (Wildman–Crippen LogP) is 7.47. The molecular formula is C35H41N3O3. The molecule has 1 unspecified atom stereocenters. The van der Waals surface area contributed by atoms with E-state index < -0.39 is 6.03 Å². The zero-order chi connectivity index (χ0) is 28.7. The van der Waals surface area contributed by atoms with Gasteiger partial charge in [-0.2, -0.15) is 0 Å². The molecule has 0 aromatic heterocycles. The number of nitrogens with zero attached hydrogens (tertiary/aromatic N) is 1. The van der Waals surface area contributed by atoms with Crippen LogP contribution in [0.1, 0.15) is 49.3 Å². The fraction of sp³-hybridized carbons (Fsp3) is 0.286. The minimum atomic E-state index is -0.475. The maximum atomic E-state index is 12.7. The third-order valence-electron chi connectivity index (χ3n) is 6.96. The Morgan fingerprint density at radius 3 is 1.78 bits per heavy atom. The summed E-state index contributed by atoms with van der Waals surface area (Å²) in [6, 6.07) is 35.5. The summed E-state index contributed by atoms with van der Waals surface area (Å²) >= 11 is 0. The van der Waals surface area contributed by atoms with E-state index in [1.807, 2.05) is 84.9 Å². The molecule has 0 aliphatic heterocycles. The second kappa shape index (κ2) is 16.1. The fourth-order valence-electron chi connectivity index (χ4n) is 4.69. The van der Waals surface area contributed by atoms with Crippen molar-refractivity contribution < 1.29 is 14.3 Å². The first-order chi connectivity index (χ1) is 20.1. The zero-order valence-electron chi connectivity index (χ0n) is 23.9. The molecule has 3 N–H and O–H groups in total. The predicted molar refractivity (Wildman–Crippen MR) is 166 cm³/mol. The van der Waals surface area contributed by atoms with Gasteiger partial charge in [-0.1, -0.05) is 99.0 Å². The lowest BCUT2D eigenvalue weighted by Gasteiger charge is -2.31. The molecule has 0 fully saturated rings. The number of unbranched alkanes of at least 4 members (excludes halogenated alkanes) is 2. The normalized spacial score (nSPS) is 11.5. The Morgan fingerprint density at radius 2 is 1.27 bits per heavy atom. The van der Waals surface area contributed by atoms with Gasteiger partial charge < -0.3 is 15.2 Å². The van der Waals surface area contributed by atoms with E-state index in [1.54, 1.807) is 4.90 Å². The van der Waals surface area contributed by atoms with E-state index in [0.717, 1.165) is 60.4 Å². The van der Waals surface area contributed by atoms with Crippen molar-refractivity contribution in [3.63, 3.8) is 0 Å². The number of carbonyl (C=O) groups is 1. The number of ether oxygens (including phenoxy) is 2. The van der Waals surface area contributed by atoms with E-state index in [9.17, 15) is 4.79 Å². The maximum absolute atomic E-state index is 12.7. The van der Waals surface area contributed by atoms with Crippen LogP contribution in [0.5, 0.6) is 11.5 Å². The minimum absolute atomic E-state index is 0.205. The summed E-state index contributed by atoms with van der Waals surface area (Å²) in [5, 5.41) is 3.59. The summed E-state index contributed by atoms with van der Waals surface area (Å²) in [5.74, 6) is 1.59. The van der Waals surface area contributed by atoms with Gasteiger partial charge in [0.25, 0.3) is 0 Å². The van der Waals surface area contributed by atoms with Crippen LogP contribution in [0.2, 0.25) is 0 Å². The second-order valence-electron chi connectivity index (χ2n) is 10.1. The van der Waals surface area contributed by atoms with Gasteiger partial charge in [-0.05, 0) is 65.9 Å². The van der Waals surface area contributed by atoms with Crippen molar-refractivity contribution in [3.05, 3.63) is 126 Å². The van der Waals surface area contributed by atoms with E-state index >= 15 is 0 Å². The molecule has 0 spiro atoms. The first-order valence-electron chi connectivity index (χ1n) is 14.5. The van der Waals surface area contributed by atoms with Crippen LogP contribution < -0.4 is 25.4 Å². The van der Waals surface area contributed by atoms with Crippen molar-refractivity contribution in [1.82, 2.24) is 5.32 Å². The molecule has 4 rings (SSSR count). The highest BCUT2D eigenvalue weighted by molar-refractivity contribution is 5.91. The second-order valence-corrected chi connectivity index (χ2v) is 10.1. The van der Waals surface area contributed by atoms with Crippen LogP contribution in [0.3, 0.4) is 0 Å². The number of rotatable bonds is 16. The minimum Gasteiger partial charge on any atom is -0.489 e. The van der Waals surface area contributed by atoms with Gasteiger partial charge in [0, 0.05) is 12.2 Å². The van der Waals surface area contributed by atoms with Crippen molar-refractivity contribution in [2.75, 3.05) is 11.4 Å². The number of urea groups is 1. The summed E-state index contributed by atoms with van der Waals surface area (Å²) in [4.78, 5) is 14.3. The quantitative estimate of drug-likeness (QED) is 0.112. The molecule has 6 nitrogen and oxygen atoms in total. The van der Waals surface area contributed by atoms with Crippen molar-refractivity contribution in [2.45, 2.75) is 58.4 Å². The van der Waals surface area contributed by atoms with E-state index in [0.29, 0.717) is 19.8 Å². The number of carbonyl (C=O) groups excluding carboxylic acids is 1. The Hall–Kier alpha value is -4.29. The molecule has 0 aliphatic rings. The average molecular weight is 552 g/mol. The Morgan fingerprint density at radius 1 is 0.732 bits per heavy atom. The van der Waals surface area contributed by atoms with Crippen LogP contribution >= 0.6 is 0 Å². The van der Waals surface area contributed by atoms with Crippen molar-refractivity contribution in [1.29, 1.82) is 0 Å². The number of nitrogens with two attached hydrogens (primary N) is 1. The van der Waals surface area contributed by atoms with E-state index in [4.69, 9.17) is 15.2 Å². The highest BCUT2D eigenvalue weighted by Gasteiger charge is 2.23. The standard InChI is InChI=1S/C35H41N3O3/c1-2-3-6-15-34(37-25-24-28-16-20-32(21-17-28)40-26-29-11-7-4-8-12-29)38(35(36)39)31-18-22-33(23-19-31)41-27-30-13-9-5-10-14-30/h4-5,7-14,16-23,34,37H,2-3,6,15,24-27H2,1H3,(H2,36,39). The first kappa shape index (κ1) is 29.7. The molecule has 0 bridgehead atoms. The number of amides is 2. The average Bonchev–Trinajstić information content (AvgIpc) is 3.01. The van der Waals surface area contributed by atoms with Gasteiger partial charge >= 0.3 is 6.03 Å². The van der Waals surface area contributed by atoms with Crippen molar-refractivity contribution in [3.8, 4) is 11.5 Å². The summed E-state index contributed by atoms with van der Waals surface area (Å²) in [6.45, 7) is 3.92. The maximum Gasteiger partial charge on any atom is 0.320 e. The van der Waals surface area contributed by atoms with Crippen molar-refractivity contribution >= 4 is 11.7 Å². The van der Waals surface area contributed by atoms with E-state index in [2.05, 4.69) is 36.5 Å². The number of benzene rings is 4. The van der Waals surface area contributed by atoms with E-state index in [-0.39, 0.29) is 6.17 Å². The third kappa shape index (κ3) is 9.69. The molecule has 41 heavy (non-hydrogen) atoms. The van der Waals surface area contributed by atoms with Crippen LogP contribution in [0.25, 0.3) is 0 Å². The zero-order valence-corrected chi connectivity index (χ0v) is 23.9. The number of hydrogen-bond acceptors (Lipinski definition) is 4. The molecule has 6 heteroatoms. The van der Waals surface area contributed by atoms with E-state index in [1.165, 1.54) is 5.56 Å².